The number of aromatic nitrogens is 2. The zero-order chi connectivity index (χ0) is 19.2. The van der Waals surface area contributed by atoms with E-state index in [-0.39, 0.29) is 12.3 Å². The smallest absolute Gasteiger partial charge is 0.229 e. The molecule has 0 aliphatic carbocycles. The zero-order valence-electron chi connectivity index (χ0n) is 15.2. The number of carbonyl (C=O) groups is 1. The van der Waals surface area contributed by atoms with E-state index in [1.807, 2.05) is 66.0 Å². The van der Waals surface area contributed by atoms with Gasteiger partial charge in [-0.3, -0.25) is 9.78 Å². The Morgan fingerprint density at radius 3 is 2.61 bits per heavy atom. The van der Waals surface area contributed by atoms with Gasteiger partial charge in [-0.1, -0.05) is 36.4 Å². The van der Waals surface area contributed by atoms with Gasteiger partial charge in [0.05, 0.1) is 30.6 Å². The minimum absolute atomic E-state index is 0.0122. The van der Waals surface area contributed by atoms with E-state index in [1.54, 1.807) is 17.4 Å². The van der Waals surface area contributed by atoms with Crippen molar-refractivity contribution in [2.45, 2.75) is 19.5 Å². The molecule has 0 unspecified atom stereocenters. The highest BCUT2D eigenvalue weighted by Crippen LogP contribution is 2.22. The van der Waals surface area contributed by atoms with Gasteiger partial charge in [-0.15, -0.1) is 11.3 Å². The lowest BCUT2D eigenvalue weighted by molar-refractivity contribution is -0.132. The maximum absolute atomic E-state index is 13.0. The first-order valence-electron chi connectivity index (χ1n) is 8.98. The summed E-state index contributed by atoms with van der Waals surface area (Å²) < 4.78 is 5.45. The Kier molecular flexibility index (Phi) is 5.58. The highest BCUT2D eigenvalue weighted by molar-refractivity contribution is 7.13. The van der Waals surface area contributed by atoms with E-state index < -0.39 is 0 Å². The van der Waals surface area contributed by atoms with Crippen molar-refractivity contribution in [1.82, 2.24) is 14.9 Å². The Morgan fingerprint density at radius 2 is 1.86 bits per heavy atom. The molecule has 0 aliphatic heterocycles. The van der Waals surface area contributed by atoms with Gasteiger partial charge in [0.1, 0.15) is 10.8 Å². The van der Waals surface area contributed by atoms with Gasteiger partial charge in [0.15, 0.2) is 0 Å². The van der Waals surface area contributed by atoms with Crippen LogP contribution in [0.15, 0.2) is 82.9 Å². The van der Waals surface area contributed by atoms with E-state index in [0.717, 1.165) is 27.7 Å². The first-order chi connectivity index (χ1) is 13.8. The number of furan rings is 1. The van der Waals surface area contributed by atoms with Crippen molar-refractivity contribution in [1.29, 1.82) is 0 Å². The standard InChI is InChI=1S/C22H19N3O2S/c26-21(13-18-16-28-22(24-18)20-10-4-5-11-23-20)25(15-19-9-6-12-27-19)14-17-7-2-1-3-8-17/h1-12,16H,13-15H2. The predicted molar refractivity (Wildman–Crippen MR) is 108 cm³/mol. The Labute approximate surface area is 167 Å². The van der Waals surface area contributed by atoms with Crippen LogP contribution in [-0.4, -0.2) is 20.8 Å². The van der Waals surface area contributed by atoms with Gasteiger partial charge in [-0.25, -0.2) is 4.98 Å². The molecule has 1 amide bonds. The molecule has 4 aromatic rings. The number of carbonyl (C=O) groups excluding carboxylic acids is 1. The minimum Gasteiger partial charge on any atom is -0.467 e. The molecule has 0 bridgehead atoms. The molecule has 0 N–H and O–H groups in total. The molecular formula is C22H19N3O2S. The molecule has 5 nitrogen and oxygen atoms in total. The van der Waals surface area contributed by atoms with E-state index in [1.165, 1.54) is 11.3 Å². The molecule has 4 rings (SSSR count). The molecule has 0 aliphatic rings. The maximum Gasteiger partial charge on any atom is 0.229 e. The zero-order valence-corrected chi connectivity index (χ0v) is 16.0. The van der Waals surface area contributed by atoms with Crippen LogP contribution < -0.4 is 0 Å². The number of pyridine rings is 1. The highest BCUT2D eigenvalue weighted by Gasteiger charge is 2.18. The molecule has 0 atom stereocenters. The fourth-order valence-corrected chi connectivity index (χ4v) is 3.68. The van der Waals surface area contributed by atoms with Gasteiger partial charge in [0.25, 0.3) is 0 Å². The molecule has 28 heavy (non-hydrogen) atoms. The number of amides is 1. The fourth-order valence-electron chi connectivity index (χ4n) is 2.89. The summed E-state index contributed by atoms with van der Waals surface area (Å²) in [5.74, 6) is 0.773. The first-order valence-corrected chi connectivity index (χ1v) is 9.86. The summed E-state index contributed by atoms with van der Waals surface area (Å²) in [4.78, 5) is 23.7. The molecule has 6 heteroatoms. The van der Waals surface area contributed by atoms with Crippen LogP contribution in [0.25, 0.3) is 10.7 Å². The second kappa shape index (κ2) is 8.63. The first kappa shape index (κ1) is 18.1. The van der Waals surface area contributed by atoms with Gasteiger partial charge < -0.3 is 9.32 Å². The third-order valence-corrected chi connectivity index (χ3v) is 5.18. The molecule has 140 valence electrons. The topological polar surface area (TPSA) is 59.2 Å². The molecular weight excluding hydrogens is 370 g/mol. The largest absolute Gasteiger partial charge is 0.467 e. The summed E-state index contributed by atoms with van der Waals surface area (Å²) in [6.45, 7) is 0.954. The van der Waals surface area contributed by atoms with Crippen molar-refractivity contribution < 1.29 is 9.21 Å². The highest BCUT2D eigenvalue weighted by atomic mass is 32.1. The van der Waals surface area contributed by atoms with Crippen molar-refractivity contribution >= 4 is 17.2 Å². The fraction of sp³-hybridized carbons (Fsp3) is 0.136. The molecule has 0 saturated carbocycles. The molecule has 0 spiro atoms. The summed E-state index contributed by atoms with van der Waals surface area (Å²) in [5, 5.41) is 2.75. The van der Waals surface area contributed by atoms with E-state index in [0.29, 0.717) is 13.1 Å². The number of benzene rings is 1. The van der Waals surface area contributed by atoms with Crippen LogP contribution in [0.5, 0.6) is 0 Å². The summed E-state index contributed by atoms with van der Waals surface area (Å²) in [7, 11) is 0. The third kappa shape index (κ3) is 4.53. The third-order valence-electron chi connectivity index (χ3n) is 4.26. The number of nitrogens with zero attached hydrogens (tertiary/aromatic N) is 3. The minimum atomic E-state index is 0.0122. The van der Waals surface area contributed by atoms with Gasteiger partial charge in [-0.05, 0) is 29.8 Å². The number of hydrogen-bond acceptors (Lipinski definition) is 5. The van der Waals surface area contributed by atoms with Crippen molar-refractivity contribution in [3.63, 3.8) is 0 Å². The summed E-state index contributed by atoms with van der Waals surface area (Å²) in [6.07, 6.45) is 3.61. The second-order valence-electron chi connectivity index (χ2n) is 6.35. The van der Waals surface area contributed by atoms with Gasteiger partial charge in [0, 0.05) is 18.1 Å². The lowest BCUT2D eigenvalue weighted by Gasteiger charge is -2.21. The summed E-state index contributed by atoms with van der Waals surface area (Å²) >= 11 is 1.50. The van der Waals surface area contributed by atoms with Gasteiger partial charge >= 0.3 is 0 Å². The lowest BCUT2D eigenvalue weighted by Crippen LogP contribution is -2.31. The Morgan fingerprint density at radius 1 is 1.00 bits per heavy atom. The summed E-state index contributed by atoms with van der Waals surface area (Å²) in [5.41, 5.74) is 2.66. The van der Waals surface area contributed by atoms with Crippen molar-refractivity contribution in [3.05, 3.63) is 95.5 Å². The van der Waals surface area contributed by atoms with E-state index in [2.05, 4.69) is 9.97 Å². The molecule has 0 radical (unpaired) electrons. The van der Waals surface area contributed by atoms with Crippen LogP contribution >= 0.6 is 11.3 Å². The van der Waals surface area contributed by atoms with E-state index in [9.17, 15) is 4.79 Å². The van der Waals surface area contributed by atoms with E-state index in [4.69, 9.17) is 4.42 Å². The average molecular weight is 389 g/mol. The average Bonchev–Trinajstić information content (AvgIpc) is 3.41. The quantitative estimate of drug-likeness (QED) is 0.465. The monoisotopic (exact) mass is 389 g/mol. The van der Waals surface area contributed by atoms with Crippen LogP contribution in [0.2, 0.25) is 0 Å². The summed E-state index contributed by atoms with van der Waals surface area (Å²) in [6, 6.07) is 19.4. The van der Waals surface area contributed by atoms with Crippen LogP contribution in [0, 0.1) is 0 Å². The lowest BCUT2D eigenvalue weighted by atomic mass is 10.2. The number of rotatable bonds is 7. The molecule has 0 saturated heterocycles. The predicted octanol–water partition coefficient (Wildman–Crippen LogP) is 4.57. The maximum atomic E-state index is 13.0. The molecule has 3 aromatic heterocycles. The van der Waals surface area contributed by atoms with Crippen LogP contribution in [0.1, 0.15) is 17.0 Å². The molecule has 3 heterocycles. The number of thiazole rings is 1. The normalized spacial score (nSPS) is 10.7. The second-order valence-corrected chi connectivity index (χ2v) is 7.21. The Hall–Kier alpha value is -3.25. The van der Waals surface area contributed by atoms with Gasteiger partial charge in [0.2, 0.25) is 5.91 Å². The number of hydrogen-bond donors (Lipinski definition) is 0. The molecule has 1 aromatic carbocycles. The van der Waals surface area contributed by atoms with Crippen molar-refractivity contribution in [2.24, 2.45) is 0 Å². The van der Waals surface area contributed by atoms with Crippen molar-refractivity contribution in [2.75, 3.05) is 0 Å². The van der Waals surface area contributed by atoms with E-state index >= 15 is 0 Å². The van der Waals surface area contributed by atoms with Gasteiger partial charge in [-0.2, -0.15) is 0 Å². The Balaban J connectivity index is 1.49. The SMILES string of the molecule is O=C(Cc1csc(-c2ccccn2)n1)N(Cc1ccccc1)Cc1ccco1. The van der Waals surface area contributed by atoms with Crippen LogP contribution in [0.3, 0.4) is 0 Å². The van der Waals surface area contributed by atoms with Crippen LogP contribution in [-0.2, 0) is 24.3 Å². The molecule has 0 fully saturated rings. The Bertz CT molecular complexity index is 1010. The van der Waals surface area contributed by atoms with Crippen LogP contribution in [0.4, 0.5) is 0 Å². The van der Waals surface area contributed by atoms with Crippen molar-refractivity contribution in [3.8, 4) is 10.7 Å².